The number of nitrogens with one attached hydrogen (secondary N) is 1. The molecule has 72 valence electrons. The Labute approximate surface area is 77.1 Å². The summed E-state index contributed by atoms with van der Waals surface area (Å²) in [7, 11) is 1.94. The molecule has 1 aliphatic heterocycles. The minimum absolute atomic E-state index is 0.177. The lowest BCUT2D eigenvalue weighted by atomic mass is 10.2. The third-order valence-electron chi connectivity index (χ3n) is 2.20. The highest BCUT2D eigenvalue weighted by Gasteiger charge is 2.23. The van der Waals surface area contributed by atoms with Crippen molar-refractivity contribution in [3.8, 4) is 0 Å². The fourth-order valence-corrected chi connectivity index (χ4v) is 1.56. The summed E-state index contributed by atoms with van der Waals surface area (Å²) in [6.07, 6.45) is 1.70. The van der Waals surface area contributed by atoms with E-state index >= 15 is 0 Å². The first-order valence-electron chi connectivity index (χ1n) is 4.45. The maximum atomic E-state index is 5.43. The van der Waals surface area contributed by atoms with Gasteiger partial charge in [-0.05, 0) is 6.92 Å². The summed E-state index contributed by atoms with van der Waals surface area (Å²) in [6, 6.07) is 0.562. The highest BCUT2D eigenvalue weighted by atomic mass is 16.5. The second-order valence-corrected chi connectivity index (χ2v) is 3.46. The van der Waals surface area contributed by atoms with Gasteiger partial charge in [0.2, 0.25) is 0 Å². The fraction of sp³-hybridized carbons (Fsp3) is 0.750. The molecule has 0 aliphatic carbocycles. The van der Waals surface area contributed by atoms with E-state index in [9.17, 15) is 0 Å². The molecular weight excluding hydrogens is 168 g/mol. The van der Waals surface area contributed by atoms with Crippen LogP contribution in [0.15, 0.2) is 6.33 Å². The first-order chi connectivity index (χ1) is 6.27. The number of nitrogens with zero attached hydrogens (tertiary/aromatic N) is 3. The van der Waals surface area contributed by atoms with Gasteiger partial charge in [-0.15, -0.1) is 10.2 Å². The molecule has 1 aromatic heterocycles. The number of aromatic nitrogens is 3. The maximum Gasteiger partial charge on any atom is 0.152 e. The van der Waals surface area contributed by atoms with Crippen LogP contribution in [-0.4, -0.2) is 34.0 Å². The normalized spacial score (nSPS) is 29.1. The topological polar surface area (TPSA) is 52.0 Å². The number of ether oxygens (including phenoxy) is 1. The van der Waals surface area contributed by atoms with Crippen molar-refractivity contribution in [3.63, 3.8) is 0 Å². The zero-order valence-corrected chi connectivity index (χ0v) is 7.90. The van der Waals surface area contributed by atoms with E-state index in [1.807, 2.05) is 11.6 Å². The Balaban J connectivity index is 2.12. The summed E-state index contributed by atoms with van der Waals surface area (Å²) in [5.74, 6) is 0.937. The average molecular weight is 182 g/mol. The summed E-state index contributed by atoms with van der Waals surface area (Å²) in [5, 5.41) is 11.3. The third-order valence-corrected chi connectivity index (χ3v) is 2.20. The van der Waals surface area contributed by atoms with E-state index < -0.39 is 0 Å². The summed E-state index contributed by atoms with van der Waals surface area (Å²) in [4.78, 5) is 0. The summed E-state index contributed by atoms with van der Waals surface area (Å²) < 4.78 is 7.35. The largest absolute Gasteiger partial charge is 0.378 e. The monoisotopic (exact) mass is 182 g/mol. The van der Waals surface area contributed by atoms with Crippen LogP contribution in [0.25, 0.3) is 0 Å². The molecule has 2 rings (SSSR count). The Kier molecular flexibility index (Phi) is 2.28. The molecule has 0 bridgehead atoms. The van der Waals surface area contributed by atoms with E-state index in [2.05, 4.69) is 22.4 Å². The van der Waals surface area contributed by atoms with Gasteiger partial charge in [0.25, 0.3) is 0 Å². The molecular formula is C8H14N4O. The zero-order valence-electron chi connectivity index (χ0n) is 7.90. The van der Waals surface area contributed by atoms with Gasteiger partial charge < -0.3 is 14.6 Å². The van der Waals surface area contributed by atoms with E-state index in [4.69, 9.17) is 4.74 Å². The van der Waals surface area contributed by atoms with Crippen molar-refractivity contribution in [1.29, 1.82) is 0 Å². The van der Waals surface area contributed by atoms with E-state index in [1.54, 1.807) is 6.33 Å². The van der Waals surface area contributed by atoms with Gasteiger partial charge in [0.15, 0.2) is 5.82 Å². The molecule has 5 nitrogen and oxygen atoms in total. The van der Waals surface area contributed by atoms with Gasteiger partial charge in [-0.25, -0.2) is 0 Å². The lowest BCUT2D eigenvalue weighted by molar-refractivity contribution is 0.0470. The molecule has 1 N–H and O–H groups in total. The molecule has 1 aliphatic rings. The average Bonchev–Trinajstić information content (AvgIpc) is 2.51. The Morgan fingerprint density at radius 2 is 2.46 bits per heavy atom. The van der Waals surface area contributed by atoms with Crippen LogP contribution >= 0.6 is 0 Å². The Morgan fingerprint density at radius 1 is 1.62 bits per heavy atom. The van der Waals surface area contributed by atoms with Gasteiger partial charge in [0.1, 0.15) is 6.33 Å². The van der Waals surface area contributed by atoms with E-state index in [0.29, 0.717) is 12.6 Å². The summed E-state index contributed by atoms with van der Waals surface area (Å²) in [5.41, 5.74) is 0. The number of morpholine rings is 1. The Bertz CT molecular complexity index is 285. The van der Waals surface area contributed by atoms with Gasteiger partial charge in [-0.3, -0.25) is 0 Å². The minimum Gasteiger partial charge on any atom is -0.378 e. The second-order valence-electron chi connectivity index (χ2n) is 3.46. The molecule has 0 saturated carbocycles. The van der Waals surface area contributed by atoms with Crippen molar-refractivity contribution < 1.29 is 4.74 Å². The van der Waals surface area contributed by atoms with Crippen molar-refractivity contribution in [2.75, 3.05) is 13.2 Å². The molecule has 1 fully saturated rings. The standard InChI is InChI=1S/C8H14N4O/c1-6-3-13-4-7(10-6)8-11-9-5-12(8)2/h5-7,10H,3-4H2,1-2H3. The fourth-order valence-electron chi connectivity index (χ4n) is 1.56. The zero-order chi connectivity index (χ0) is 9.26. The molecule has 2 atom stereocenters. The Morgan fingerprint density at radius 3 is 3.08 bits per heavy atom. The molecule has 1 aromatic rings. The highest BCUT2D eigenvalue weighted by Crippen LogP contribution is 2.13. The van der Waals surface area contributed by atoms with Gasteiger partial charge in [0.05, 0.1) is 19.3 Å². The first-order valence-corrected chi connectivity index (χ1v) is 4.45. The second kappa shape index (κ2) is 3.43. The molecule has 2 heterocycles. The van der Waals surface area contributed by atoms with Crippen LogP contribution in [0.4, 0.5) is 0 Å². The van der Waals surface area contributed by atoms with E-state index in [-0.39, 0.29) is 6.04 Å². The predicted octanol–water partition coefficient (Wildman–Crippen LogP) is -0.136. The van der Waals surface area contributed by atoms with Gasteiger partial charge in [0, 0.05) is 13.1 Å². The lowest BCUT2D eigenvalue weighted by Gasteiger charge is -2.27. The molecule has 0 spiro atoms. The van der Waals surface area contributed by atoms with Crippen LogP contribution < -0.4 is 5.32 Å². The quantitative estimate of drug-likeness (QED) is 0.657. The SMILES string of the molecule is CC1COCC(c2nncn2C)N1. The van der Waals surface area contributed by atoms with Crippen LogP contribution in [0.3, 0.4) is 0 Å². The van der Waals surface area contributed by atoms with Crippen molar-refractivity contribution >= 4 is 0 Å². The smallest absolute Gasteiger partial charge is 0.152 e. The molecule has 1 saturated heterocycles. The van der Waals surface area contributed by atoms with E-state index in [1.165, 1.54) is 0 Å². The highest BCUT2D eigenvalue weighted by molar-refractivity contribution is 4.96. The maximum absolute atomic E-state index is 5.43. The molecule has 0 amide bonds. The van der Waals surface area contributed by atoms with Gasteiger partial charge in [-0.1, -0.05) is 0 Å². The van der Waals surface area contributed by atoms with Crippen LogP contribution in [0.5, 0.6) is 0 Å². The molecule has 13 heavy (non-hydrogen) atoms. The van der Waals surface area contributed by atoms with Crippen molar-refractivity contribution in [3.05, 3.63) is 12.2 Å². The van der Waals surface area contributed by atoms with Crippen molar-refractivity contribution in [2.45, 2.75) is 19.0 Å². The minimum atomic E-state index is 0.177. The van der Waals surface area contributed by atoms with E-state index in [0.717, 1.165) is 12.4 Å². The molecule has 2 unspecified atom stereocenters. The van der Waals surface area contributed by atoms with Crippen LogP contribution in [-0.2, 0) is 11.8 Å². The van der Waals surface area contributed by atoms with Crippen LogP contribution in [0, 0.1) is 0 Å². The molecule has 0 radical (unpaired) electrons. The van der Waals surface area contributed by atoms with Crippen molar-refractivity contribution in [2.24, 2.45) is 7.05 Å². The van der Waals surface area contributed by atoms with Crippen LogP contribution in [0.2, 0.25) is 0 Å². The van der Waals surface area contributed by atoms with Gasteiger partial charge in [-0.2, -0.15) is 0 Å². The first kappa shape index (κ1) is 8.65. The molecule has 0 aromatic carbocycles. The number of hydrogen-bond donors (Lipinski definition) is 1. The summed E-state index contributed by atoms with van der Waals surface area (Å²) in [6.45, 7) is 3.55. The van der Waals surface area contributed by atoms with Crippen LogP contribution in [0.1, 0.15) is 18.8 Å². The number of hydrogen-bond acceptors (Lipinski definition) is 4. The van der Waals surface area contributed by atoms with Crippen molar-refractivity contribution in [1.82, 2.24) is 20.1 Å². The van der Waals surface area contributed by atoms with Gasteiger partial charge >= 0.3 is 0 Å². The summed E-state index contributed by atoms with van der Waals surface area (Å²) >= 11 is 0. The molecule has 5 heteroatoms. The third kappa shape index (κ3) is 1.71. The number of aryl methyl sites for hydroxylation is 1. The predicted molar refractivity (Wildman–Crippen MR) is 47.2 cm³/mol. The Hall–Kier alpha value is -0.940. The lowest BCUT2D eigenvalue weighted by Crippen LogP contribution is -2.42. The number of rotatable bonds is 1.